The lowest BCUT2D eigenvalue weighted by Gasteiger charge is -2.08. The fourth-order valence-corrected chi connectivity index (χ4v) is 2.07. The molecule has 0 N–H and O–H groups in total. The van der Waals surface area contributed by atoms with Gasteiger partial charge in [0.15, 0.2) is 0 Å². The van der Waals surface area contributed by atoms with Gasteiger partial charge in [-0.15, -0.1) is 0 Å². The summed E-state index contributed by atoms with van der Waals surface area (Å²) >= 11 is 5.62. The molecule has 1 aromatic heterocycles. The monoisotopic (exact) mass is 277 g/mol. The molecule has 0 aliphatic rings. The smallest absolute Gasteiger partial charge is 0.253 e. The number of carbonyl (C=O) groups is 1. The molecule has 0 aliphatic heterocycles. The lowest BCUT2D eigenvalue weighted by molar-refractivity contribution is 0.108. The number of pyridine rings is 1. The Balaban J connectivity index is 2.27. The quantitative estimate of drug-likeness (QED) is 0.587. The highest BCUT2D eigenvalue weighted by atomic mass is 35.5. The standard InChI is InChI=1S/C15H16ClNO2/c1-2-3-6-9-19-14-10-12(15(16)18)11-7-4-5-8-13(11)17-14/h4-5,7-8,10H,2-3,6,9H2,1H3. The van der Waals surface area contributed by atoms with Gasteiger partial charge in [-0.3, -0.25) is 4.79 Å². The average molecular weight is 278 g/mol. The van der Waals surface area contributed by atoms with Crippen LogP contribution in [-0.2, 0) is 0 Å². The minimum Gasteiger partial charge on any atom is -0.478 e. The van der Waals surface area contributed by atoms with Crippen LogP contribution < -0.4 is 4.74 Å². The van der Waals surface area contributed by atoms with Gasteiger partial charge in [0, 0.05) is 17.0 Å². The highest BCUT2D eigenvalue weighted by molar-refractivity contribution is 6.68. The van der Waals surface area contributed by atoms with Gasteiger partial charge in [-0.1, -0.05) is 38.0 Å². The summed E-state index contributed by atoms with van der Waals surface area (Å²) in [5.74, 6) is 0.457. The number of benzene rings is 1. The largest absolute Gasteiger partial charge is 0.478 e. The van der Waals surface area contributed by atoms with Crippen molar-refractivity contribution in [3.05, 3.63) is 35.9 Å². The van der Waals surface area contributed by atoms with Crippen molar-refractivity contribution in [1.29, 1.82) is 0 Å². The van der Waals surface area contributed by atoms with Crippen LogP contribution in [0, 0.1) is 0 Å². The highest BCUT2D eigenvalue weighted by Gasteiger charge is 2.11. The second-order valence-electron chi connectivity index (χ2n) is 4.35. The predicted octanol–water partition coefficient (Wildman–Crippen LogP) is 4.18. The molecular weight excluding hydrogens is 262 g/mol. The Labute approximate surface area is 117 Å². The first-order valence-electron chi connectivity index (χ1n) is 6.44. The van der Waals surface area contributed by atoms with Gasteiger partial charge in [-0.25, -0.2) is 4.98 Å². The average Bonchev–Trinajstić information content (AvgIpc) is 2.42. The Kier molecular flexibility index (Phi) is 4.74. The van der Waals surface area contributed by atoms with Gasteiger partial charge in [-0.2, -0.15) is 0 Å². The zero-order chi connectivity index (χ0) is 13.7. The third-order valence-corrected chi connectivity index (χ3v) is 3.11. The lowest BCUT2D eigenvalue weighted by Crippen LogP contribution is -2.01. The van der Waals surface area contributed by atoms with Gasteiger partial charge in [-0.05, 0) is 24.1 Å². The van der Waals surface area contributed by atoms with Crippen LogP contribution >= 0.6 is 11.6 Å². The maximum absolute atomic E-state index is 11.5. The molecule has 0 atom stereocenters. The van der Waals surface area contributed by atoms with Gasteiger partial charge in [0.2, 0.25) is 5.88 Å². The van der Waals surface area contributed by atoms with Crippen molar-refractivity contribution in [1.82, 2.24) is 4.98 Å². The number of hydrogen-bond acceptors (Lipinski definition) is 3. The van der Waals surface area contributed by atoms with E-state index in [1.54, 1.807) is 6.07 Å². The van der Waals surface area contributed by atoms with Gasteiger partial charge < -0.3 is 4.74 Å². The van der Waals surface area contributed by atoms with E-state index in [1.807, 2.05) is 24.3 Å². The van der Waals surface area contributed by atoms with Crippen molar-refractivity contribution in [2.45, 2.75) is 26.2 Å². The molecule has 2 aromatic rings. The molecule has 0 unspecified atom stereocenters. The number of para-hydroxylation sites is 1. The van der Waals surface area contributed by atoms with E-state index in [0.717, 1.165) is 30.2 Å². The summed E-state index contributed by atoms with van der Waals surface area (Å²) in [6, 6.07) is 9.02. The van der Waals surface area contributed by atoms with Crippen LogP contribution in [0.2, 0.25) is 0 Å². The summed E-state index contributed by atoms with van der Waals surface area (Å²) in [7, 11) is 0. The van der Waals surface area contributed by atoms with Crippen LogP contribution in [0.1, 0.15) is 36.5 Å². The number of aromatic nitrogens is 1. The number of unbranched alkanes of at least 4 members (excludes halogenated alkanes) is 2. The minimum absolute atomic E-state index is 0.442. The van der Waals surface area contributed by atoms with Crippen molar-refractivity contribution < 1.29 is 9.53 Å². The number of carbonyl (C=O) groups excluding carboxylic acids is 1. The predicted molar refractivity (Wildman–Crippen MR) is 76.9 cm³/mol. The van der Waals surface area contributed by atoms with E-state index in [-0.39, 0.29) is 0 Å². The molecule has 1 aromatic carbocycles. The zero-order valence-corrected chi connectivity index (χ0v) is 11.6. The molecule has 0 aliphatic carbocycles. The van der Waals surface area contributed by atoms with Crippen LogP contribution in [0.4, 0.5) is 0 Å². The summed E-state index contributed by atoms with van der Waals surface area (Å²) in [6.45, 7) is 2.74. The van der Waals surface area contributed by atoms with E-state index in [0.29, 0.717) is 18.1 Å². The van der Waals surface area contributed by atoms with E-state index < -0.39 is 5.24 Å². The van der Waals surface area contributed by atoms with Crippen LogP contribution in [0.5, 0.6) is 5.88 Å². The summed E-state index contributed by atoms with van der Waals surface area (Å²) in [5.41, 5.74) is 1.16. The number of hydrogen-bond donors (Lipinski definition) is 0. The maximum Gasteiger partial charge on any atom is 0.253 e. The van der Waals surface area contributed by atoms with Gasteiger partial charge >= 0.3 is 0 Å². The SMILES string of the molecule is CCCCCOc1cc(C(=O)Cl)c2ccccc2n1. The molecule has 4 heteroatoms. The van der Waals surface area contributed by atoms with Gasteiger partial charge in [0.25, 0.3) is 5.24 Å². The molecule has 19 heavy (non-hydrogen) atoms. The van der Waals surface area contributed by atoms with Crippen molar-refractivity contribution in [2.75, 3.05) is 6.61 Å². The number of halogens is 1. The molecular formula is C15H16ClNO2. The Bertz CT molecular complexity index is 583. The van der Waals surface area contributed by atoms with Crippen molar-refractivity contribution >= 4 is 27.7 Å². The molecule has 1 heterocycles. The molecule has 0 radical (unpaired) electrons. The van der Waals surface area contributed by atoms with E-state index in [1.165, 1.54) is 0 Å². The number of nitrogens with zero attached hydrogens (tertiary/aromatic N) is 1. The fraction of sp³-hybridized carbons (Fsp3) is 0.333. The first-order valence-corrected chi connectivity index (χ1v) is 6.82. The number of fused-ring (bicyclic) bond motifs is 1. The molecule has 2 rings (SSSR count). The Morgan fingerprint density at radius 3 is 2.84 bits per heavy atom. The van der Waals surface area contributed by atoms with Crippen molar-refractivity contribution in [3.63, 3.8) is 0 Å². The van der Waals surface area contributed by atoms with Gasteiger partial charge in [0.1, 0.15) is 0 Å². The fourth-order valence-electron chi connectivity index (χ4n) is 1.92. The lowest BCUT2D eigenvalue weighted by atomic mass is 10.1. The van der Waals surface area contributed by atoms with E-state index in [2.05, 4.69) is 11.9 Å². The molecule has 0 spiro atoms. The topological polar surface area (TPSA) is 39.2 Å². The molecule has 3 nitrogen and oxygen atoms in total. The van der Waals surface area contributed by atoms with E-state index >= 15 is 0 Å². The molecule has 0 fully saturated rings. The molecule has 100 valence electrons. The summed E-state index contributed by atoms with van der Waals surface area (Å²) in [4.78, 5) is 15.9. The zero-order valence-electron chi connectivity index (χ0n) is 10.9. The van der Waals surface area contributed by atoms with Crippen molar-refractivity contribution in [2.24, 2.45) is 0 Å². The Morgan fingerprint density at radius 1 is 1.32 bits per heavy atom. The number of rotatable bonds is 6. The minimum atomic E-state index is -0.489. The van der Waals surface area contributed by atoms with E-state index in [4.69, 9.17) is 16.3 Å². The Morgan fingerprint density at radius 2 is 2.11 bits per heavy atom. The van der Waals surface area contributed by atoms with Crippen LogP contribution in [0.15, 0.2) is 30.3 Å². The summed E-state index contributed by atoms with van der Waals surface area (Å²) in [5, 5.41) is 0.264. The summed E-state index contributed by atoms with van der Waals surface area (Å²) < 4.78 is 5.59. The van der Waals surface area contributed by atoms with Crippen molar-refractivity contribution in [3.8, 4) is 5.88 Å². The molecule has 0 bridgehead atoms. The first kappa shape index (κ1) is 13.8. The first-order chi connectivity index (χ1) is 9.22. The normalized spacial score (nSPS) is 10.6. The van der Waals surface area contributed by atoms with E-state index in [9.17, 15) is 4.79 Å². The van der Waals surface area contributed by atoms with Crippen LogP contribution in [0.25, 0.3) is 10.9 Å². The second-order valence-corrected chi connectivity index (χ2v) is 4.70. The molecule has 0 saturated heterocycles. The van der Waals surface area contributed by atoms with Crippen LogP contribution in [0.3, 0.4) is 0 Å². The molecule has 0 amide bonds. The van der Waals surface area contributed by atoms with Crippen LogP contribution in [-0.4, -0.2) is 16.8 Å². The third kappa shape index (κ3) is 3.44. The summed E-state index contributed by atoms with van der Waals surface area (Å²) in [6.07, 6.45) is 3.24. The highest BCUT2D eigenvalue weighted by Crippen LogP contribution is 2.23. The number of ether oxygens (including phenoxy) is 1. The molecule has 0 saturated carbocycles. The third-order valence-electron chi connectivity index (χ3n) is 2.90. The second kappa shape index (κ2) is 6.53. The van der Waals surface area contributed by atoms with Gasteiger partial charge in [0.05, 0.1) is 12.1 Å². The maximum atomic E-state index is 11.5. The Hall–Kier alpha value is -1.61.